The van der Waals surface area contributed by atoms with Crippen LogP contribution in [0.15, 0.2) is 23.6 Å². The SMILES string of the molecule is Cc1nc(CC(=O)N2CCNC(=O)[C@H]([C@@H](C)O)NC(=O)c3ccc(C)c(c3)OCCNC(=O)C2)cs1. The number of nitrogens with one attached hydrogen (secondary N) is 3. The number of carbonyl (C=O) groups is 4. The Labute approximate surface area is 213 Å². The summed E-state index contributed by atoms with van der Waals surface area (Å²) in [4.78, 5) is 56.7. The fourth-order valence-electron chi connectivity index (χ4n) is 3.58. The number of aromatic nitrogens is 1. The molecular weight excluding hydrogens is 486 g/mol. The monoisotopic (exact) mass is 517 g/mol. The standard InChI is InChI=1S/C24H31N5O6S/c1-14-4-5-17-10-19(14)35-9-7-25-20(31)12-29(21(32)11-18-13-36-16(3)27-18)8-6-26-24(34)22(15(2)30)28-23(17)33/h4-5,10,13,15,22,30H,6-9,11-12H2,1-3H3,(H,25,31)(H,26,34)(H,28,33)/t15-,22+/m1/s1. The molecule has 194 valence electrons. The number of hydrogen-bond acceptors (Lipinski definition) is 8. The van der Waals surface area contributed by atoms with Gasteiger partial charge in [-0.1, -0.05) is 6.07 Å². The molecule has 0 unspecified atom stereocenters. The summed E-state index contributed by atoms with van der Waals surface area (Å²) in [6, 6.07) is 3.63. The van der Waals surface area contributed by atoms with E-state index in [2.05, 4.69) is 20.9 Å². The molecule has 0 saturated heterocycles. The predicted molar refractivity (Wildman–Crippen MR) is 133 cm³/mol. The Morgan fingerprint density at radius 2 is 2.03 bits per heavy atom. The largest absolute Gasteiger partial charge is 0.491 e. The Kier molecular flexibility index (Phi) is 9.37. The molecule has 36 heavy (non-hydrogen) atoms. The highest BCUT2D eigenvalue weighted by molar-refractivity contribution is 7.09. The second-order valence-corrected chi connectivity index (χ2v) is 9.57. The van der Waals surface area contributed by atoms with Gasteiger partial charge in [0.1, 0.15) is 18.4 Å². The first kappa shape index (κ1) is 27.1. The highest BCUT2D eigenvalue weighted by Crippen LogP contribution is 2.20. The molecule has 0 radical (unpaired) electrons. The zero-order chi connectivity index (χ0) is 26.2. The van der Waals surface area contributed by atoms with Crippen LogP contribution >= 0.6 is 11.3 Å². The van der Waals surface area contributed by atoms with E-state index < -0.39 is 24.0 Å². The van der Waals surface area contributed by atoms with E-state index in [4.69, 9.17) is 4.74 Å². The molecule has 1 aliphatic rings. The van der Waals surface area contributed by atoms with Crippen molar-refractivity contribution in [2.24, 2.45) is 0 Å². The van der Waals surface area contributed by atoms with E-state index in [9.17, 15) is 24.3 Å². The van der Waals surface area contributed by atoms with Gasteiger partial charge in [0.15, 0.2) is 0 Å². The number of ether oxygens (including phenoxy) is 1. The third-order valence-corrected chi connectivity index (χ3v) is 6.37. The summed E-state index contributed by atoms with van der Waals surface area (Å²) >= 11 is 1.43. The quantitative estimate of drug-likeness (QED) is 0.445. The van der Waals surface area contributed by atoms with Crippen molar-refractivity contribution >= 4 is 35.0 Å². The number of nitrogens with zero attached hydrogens (tertiary/aromatic N) is 2. The maximum atomic E-state index is 12.9. The van der Waals surface area contributed by atoms with Gasteiger partial charge in [-0.15, -0.1) is 11.3 Å². The minimum Gasteiger partial charge on any atom is -0.491 e. The summed E-state index contributed by atoms with van der Waals surface area (Å²) in [6.45, 7) is 5.27. The topological polar surface area (TPSA) is 150 Å². The Balaban J connectivity index is 1.78. The van der Waals surface area contributed by atoms with Crippen LogP contribution in [0.1, 0.15) is 33.5 Å². The first-order valence-corrected chi connectivity index (χ1v) is 12.5. The number of thiazole rings is 1. The third kappa shape index (κ3) is 7.49. The summed E-state index contributed by atoms with van der Waals surface area (Å²) < 4.78 is 5.74. The van der Waals surface area contributed by atoms with Crippen LogP contribution in [0.2, 0.25) is 0 Å². The molecular formula is C24H31N5O6S. The third-order valence-electron chi connectivity index (χ3n) is 5.55. The van der Waals surface area contributed by atoms with Crippen LogP contribution in [0.4, 0.5) is 0 Å². The molecule has 0 fully saturated rings. The normalized spacial score (nSPS) is 18.8. The summed E-state index contributed by atoms with van der Waals surface area (Å²) in [6.07, 6.45) is -1.15. The molecule has 0 aliphatic carbocycles. The van der Waals surface area contributed by atoms with Crippen molar-refractivity contribution in [1.82, 2.24) is 25.8 Å². The van der Waals surface area contributed by atoms with Crippen LogP contribution in [-0.4, -0.2) is 83.6 Å². The fourth-order valence-corrected chi connectivity index (χ4v) is 4.19. The first-order valence-electron chi connectivity index (χ1n) is 11.6. The minimum absolute atomic E-state index is 0.0187. The zero-order valence-corrected chi connectivity index (χ0v) is 21.3. The maximum absolute atomic E-state index is 12.9. The van der Waals surface area contributed by atoms with Crippen LogP contribution in [0.25, 0.3) is 0 Å². The van der Waals surface area contributed by atoms with Gasteiger partial charge in [-0.3, -0.25) is 19.2 Å². The molecule has 4 N–H and O–H groups in total. The van der Waals surface area contributed by atoms with Crippen LogP contribution in [-0.2, 0) is 20.8 Å². The van der Waals surface area contributed by atoms with Gasteiger partial charge in [-0.2, -0.15) is 0 Å². The van der Waals surface area contributed by atoms with Crippen LogP contribution in [0.5, 0.6) is 5.75 Å². The van der Waals surface area contributed by atoms with Crippen molar-refractivity contribution in [3.63, 3.8) is 0 Å². The van der Waals surface area contributed by atoms with Gasteiger partial charge in [0.05, 0.1) is 36.3 Å². The lowest BCUT2D eigenvalue weighted by atomic mass is 10.1. The summed E-state index contributed by atoms with van der Waals surface area (Å²) in [5.74, 6) is -1.39. The molecule has 0 spiro atoms. The number of aliphatic hydroxyl groups is 1. The fraction of sp³-hybridized carbons (Fsp3) is 0.458. The molecule has 2 atom stereocenters. The number of rotatable bonds is 3. The van der Waals surface area contributed by atoms with Crippen molar-refractivity contribution in [1.29, 1.82) is 0 Å². The number of carbonyl (C=O) groups excluding carboxylic acids is 4. The number of benzene rings is 1. The summed E-state index contributed by atoms with van der Waals surface area (Å²) in [7, 11) is 0. The predicted octanol–water partition coefficient (Wildman–Crippen LogP) is -0.0648. The van der Waals surface area contributed by atoms with Gasteiger partial charge in [-0.25, -0.2) is 4.98 Å². The van der Waals surface area contributed by atoms with E-state index >= 15 is 0 Å². The van der Waals surface area contributed by atoms with E-state index in [1.807, 2.05) is 13.8 Å². The van der Waals surface area contributed by atoms with Gasteiger partial charge in [0.2, 0.25) is 17.7 Å². The average molecular weight is 518 g/mol. The Morgan fingerprint density at radius 3 is 2.72 bits per heavy atom. The number of amides is 4. The molecule has 0 saturated carbocycles. The highest BCUT2D eigenvalue weighted by atomic mass is 32.1. The molecule has 12 heteroatoms. The minimum atomic E-state index is -1.22. The smallest absolute Gasteiger partial charge is 0.252 e. The van der Waals surface area contributed by atoms with Crippen LogP contribution in [0, 0.1) is 13.8 Å². The molecule has 1 aromatic heterocycles. The van der Waals surface area contributed by atoms with E-state index in [0.717, 1.165) is 10.6 Å². The molecule has 2 heterocycles. The lowest BCUT2D eigenvalue weighted by Gasteiger charge is -2.24. The maximum Gasteiger partial charge on any atom is 0.252 e. The molecule has 3 rings (SSSR count). The number of hydrogen-bond donors (Lipinski definition) is 4. The molecule has 1 aliphatic heterocycles. The van der Waals surface area contributed by atoms with Gasteiger partial charge in [0, 0.05) is 24.0 Å². The van der Waals surface area contributed by atoms with E-state index in [1.165, 1.54) is 23.2 Å². The highest BCUT2D eigenvalue weighted by Gasteiger charge is 2.27. The van der Waals surface area contributed by atoms with Gasteiger partial charge in [-0.05, 0) is 38.5 Å². The van der Waals surface area contributed by atoms with Gasteiger partial charge >= 0.3 is 0 Å². The second kappa shape index (κ2) is 12.5. The molecule has 2 aromatic rings. The van der Waals surface area contributed by atoms with Crippen molar-refractivity contribution < 1.29 is 29.0 Å². The first-order chi connectivity index (χ1) is 17.1. The van der Waals surface area contributed by atoms with E-state index in [0.29, 0.717) is 11.4 Å². The van der Waals surface area contributed by atoms with Crippen molar-refractivity contribution in [3.05, 3.63) is 45.4 Å². The number of aryl methyl sites for hydroxylation is 2. The summed E-state index contributed by atoms with van der Waals surface area (Å²) in [5, 5.41) is 20.7. The van der Waals surface area contributed by atoms with Gasteiger partial charge in [0.25, 0.3) is 5.91 Å². The number of fused-ring (bicyclic) bond motifs is 2. The van der Waals surface area contributed by atoms with Crippen LogP contribution < -0.4 is 20.7 Å². The summed E-state index contributed by atoms with van der Waals surface area (Å²) in [5.41, 5.74) is 1.66. The van der Waals surface area contributed by atoms with Gasteiger partial charge < -0.3 is 30.7 Å². The molecule has 1 aromatic carbocycles. The Hall–Kier alpha value is -3.51. The van der Waals surface area contributed by atoms with Crippen molar-refractivity contribution in [2.75, 3.05) is 32.8 Å². The zero-order valence-electron chi connectivity index (χ0n) is 20.5. The Bertz CT molecular complexity index is 1120. The van der Waals surface area contributed by atoms with Crippen molar-refractivity contribution in [2.45, 2.75) is 39.3 Å². The number of aliphatic hydroxyl groups excluding tert-OH is 1. The van der Waals surface area contributed by atoms with E-state index in [-0.39, 0.29) is 56.6 Å². The molecule has 4 amide bonds. The average Bonchev–Trinajstić information content (AvgIpc) is 3.23. The van der Waals surface area contributed by atoms with Crippen LogP contribution in [0.3, 0.4) is 0 Å². The van der Waals surface area contributed by atoms with E-state index in [1.54, 1.807) is 23.6 Å². The second-order valence-electron chi connectivity index (χ2n) is 8.51. The molecule has 2 bridgehead atoms. The van der Waals surface area contributed by atoms with Crippen molar-refractivity contribution in [3.8, 4) is 5.75 Å². The lowest BCUT2D eigenvalue weighted by molar-refractivity contribution is -0.135. The lowest BCUT2D eigenvalue weighted by Crippen LogP contribution is -2.53. The Morgan fingerprint density at radius 1 is 1.25 bits per heavy atom. The molecule has 11 nitrogen and oxygen atoms in total.